The normalized spacial score (nSPS) is 37.0. The summed E-state index contributed by atoms with van der Waals surface area (Å²) >= 11 is 0. The van der Waals surface area contributed by atoms with Gasteiger partial charge >= 0.3 is 0 Å². The number of nitrogens with one attached hydrogen (secondary N) is 1. The second-order valence-electron chi connectivity index (χ2n) is 8.42. The molecule has 156 valence electrons. The average molecular weight is 417 g/mol. The molecule has 3 aliphatic heterocycles. The van der Waals surface area contributed by atoms with Crippen LogP contribution in [0.4, 0.5) is 8.78 Å². The lowest BCUT2D eigenvalue weighted by atomic mass is 9.93. The summed E-state index contributed by atoms with van der Waals surface area (Å²) in [6.45, 7) is 2.58. The standard InChI is InChI=1S/C19H27F2N3O3S/c1-28(25,26)24-6-2-3-12-9-23(10-18(12)24)14-8-17(22)19(27-11-14)15-7-13(20)4-5-16(15)21/h4-5,7,12,14,17-19H,2-3,6,8-11,22H2,1H3/p+1/t12?,14-,17+,18?,19-/m1/s1. The molecule has 1 aromatic rings. The number of ether oxygens (including phenoxy) is 1. The van der Waals surface area contributed by atoms with E-state index in [1.165, 1.54) is 6.26 Å². The number of halogens is 2. The summed E-state index contributed by atoms with van der Waals surface area (Å²) in [6, 6.07) is 3.03. The molecule has 0 bridgehead atoms. The van der Waals surface area contributed by atoms with Gasteiger partial charge in [-0.1, -0.05) is 0 Å². The first kappa shape index (κ1) is 20.2. The van der Waals surface area contributed by atoms with E-state index < -0.39 is 33.8 Å². The Balaban J connectivity index is 1.44. The Labute approximate surface area is 164 Å². The van der Waals surface area contributed by atoms with Gasteiger partial charge < -0.3 is 10.5 Å². The van der Waals surface area contributed by atoms with Gasteiger partial charge in [-0.05, 0) is 37.5 Å². The summed E-state index contributed by atoms with van der Waals surface area (Å²) in [5.74, 6) is -0.672. The zero-order chi connectivity index (χ0) is 20.1. The van der Waals surface area contributed by atoms with Gasteiger partial charge in [-0.25, -0.2) is 13.1 Å². The van der Waals surface area contributed by atoms with E-state index in [9.17, 15) is 17.2 Å². The van der Waals surface area contributed by atoms with E-state index in [-0.39, 0.29) is 17.6 Å². The molecule has 1 aromatic carbocycles. The largest absolute Gasteiger partial charge is 0.370 e. The van der Waals surface area contributed by atoms with Gasteiger partial charge in [0.1, 0.15) is 23.8 Å². The monoisotopic (exact) mass is 416 g/mol. The number of piperidine rings is 1. The van der Waals surface area contributed by atoms with E-state index in [2.05, 4.69) is 4.90 Å². The Morgan fingerprint density at radius 2 is 2.07 bits per heavy atom. The third kappa shape index (κ3) is 3.82. The van der Waals surface area contributed by atoms with Crippen LogP contribution in [0.25, 0.3) is 0 Å². The second-order valence-corrected chi connectivity index (χ2v) is 10.5. The van der Waals surface area contributed by atoms with Crippen molar-refractivity contribution in [3.05, 3.63) is 35.4 Å². The maximum atomic E-state index is 14.1. The predicted molar refractivity (Wildman–Crippen MR) is 100 cm³/mol. The first-order valence-corrected chi connectivity index (χ1v) is 11.7. The van der Waals surface area contributed by atoms with Crippen LogP contribution in [0.5, 0.6) is 0 Å². The van der Waals surface area contributed by atoms with Crippen LogP contribution in [0.2, 0.25) is 0 Å². The maximum Gasteiger partial charge on any atom is 0.292 e. The number of fused-ring (bicyclic) bond motifs is 1. The van der Waals surface area contributed by atoms with Crippen molar-refractivity contribution in [3.8, 4) is 0 Å². The molecule has 3 fully saturated rings. The van der Waals surface area contributed by atoms with Gasteiger partial charge in [0.15, 0.2) is 0 Å². The molecule has 6 atom stereocenters. The van der Waals surface area contributed by atoms with Crippen LogP contribution in [0, 0.1) is 17.6 Å². The highest BCUT2D eigenvalue weighted by Gasteiger charge is 2.48. The molecule has 4 rings (SSSR count). The number of nitrogens with zero attached hydrogens (tertiary/aromatic N) is 1. The third-order valence-corrected chi connectivity index (χ3v) is 8.00. The highest BCUT2D eigenvalue weighted by atomic mass is 32.2. The summed E-state index contributed by atoms with van der Waals surface area (Å²) in [5, 5.41) is 0. The zero-order valence-electron chi connectivity index (χ0n) is 16.0. The molecular formula is C19H28F2N3O3S+. The van der Waals surface area contributed by atoms with Crippen molar-refractivity contribution in [2.45, 2.75) is 43.5 Å². The van der Waals surface area contributed by atoms with Crippen molar-refractivity contribution in [2.75, 3.05) is 32.5 Å². The van der Waals surface area contributed by atoms with Gasteiger partial charge in [0.25, 0.3) is 10.0 Å². The average Bonchev–Trinajstić information content (AvgIpc) is 3.07. The van der Waals surface area contributed by atoms with E-state index >= 15 is 0 Å². The predicted octanol–water partition coefficient (Wildman–Crippen LogP) is 0.0608. The van der Waals surface area contributed by atoms with Crippen LogP contribution in [-0.2, 0) is 14.8 Å². The van der Waals surface area contributed by atoms with Gasteiger partial charge in [0, 0.05) is 30.1 Å². The van der Waals surface area contributed by atoms with Crippen LogP contribution in [0.1, 0.15) is 30.9 Å². The fourth-order valence-corrected chi connectivity index (χ4v) is 6.53. The molecule has 3 heterocycles. The smallest absolute Gasteiger partial charge is 0.292 e. The van der Waals surface area contributed by atoms with Crippen LogP contribution >= 0.6 is 0 Å². The fourth-order valence-electron chi connectivity index (χ4n) is 5.20. The van der Waals surface area contributed by atoms with Gasteiger partial charge in [-0.2, -0.15) is 8.42 Å². The van der Waals surface area contributed by atoms with E-state index in [1.54, 1.807) is 0 Å². The quantitative estimate of drug-likeness (QED) is 0.729. The van der Waals surface area contributed by atoms with Crippen molar-refractivity contribution < 1.29 is 26.2 Å². The summed E-state index contributed by atoms with van der Waals surface area (Å²) in [4.78, 5) is 2.28. The van der Waals surface area contributed by atoms with Crippen molar-refractivity contribution >= 4 is 10.0 Å². The number of hydrogen-bond donors (Lipinski definition) is 2. The van der Waals surface area contributed by atoms with Crippen molar-refractivity contribution in [3.63, 3.8) is 0 Å². The molecule has 0 spiro atoms. The molecule has 6 nitrogen and oxygen atoms in total. The van der Waals surface area contributed by atoms with Crippen LogP contribution in [-0.4, -0.2) is 63.9 Å². The molecule has 28 heavy (non-hydrogen) atoms. The number of rotatable bonds is 3. The molecule has 0 radical (unpaired) electrons. The van der Waals surface area contributed by atoms with Crippen LogP contribution in [0.15, 0.2) is 18.2 Å². The summed E-state index contributed by atoms with van der Waals surface area (Å²) in [6.07, 6.45) is 3.20. The highest BCUT2D eigenvalue weighted by Crippen LogP contribution is 2.33. The number of nitrogens with two attached hydrogens (primary N) is 1. The van der Waals surface area contributed by atoms with Crippen molar-refractivity contribution in [2.24, 2.45) is 11.7 Å². The summed E-state index contributed by atoms with van der Waals surface area (Å²) in [5.41, 5.74) is 6.45. The van der Waals surface area contributed by atoms with Gasteiger partial charge in [-0.3, -0.25) is 4.90 Å². The summed E-state index contributed by atoms with van der Waals surface area (Å²) in [7, 11) is -3.14. The topological polar surface area (TPSA) is 77.1 Å². The molecule has 3 N–H and O–H groups in total. The lowest BCUT2D eigenvalue weighted by Crippen LogP contribution is -3.19. The lowest BCUT2D eigenvalue weighted by molar-refractivity contribution is -0.805. The number of quaternary nitrogens is 1. The van der Waals surface area contributed by atoms with E-state index in [4.69, 9.17) is 10.5 Å². The minimum absolute atomic E-state index is 0.0641. The molecule has 3 saturated heterocycles. The zero-order valence-corrected chi connectivity index (χ0v) is 16.8. The Morgan fingerprint density at radius 3 is 2.79 bits per heavy atom. The SMILES string of the molecule is CS(=O)(=O)[NH+]1CCCC2CN([C@H]3CO[C@H](c4cc(F)ccc4F)[C@@H](N)C3)CC21. The Bertz CT molecular complexity index is 838. The minimum Gasteiger partial charge on any atom is -0.370 e. The Morgan fingerprint density at radius 1 is 1.29 bits per heavy atom. The molecular weight excluding hydrogens is 388 g/mol. The molecule has 9 heteroatoms. The van der Waals surface area contributed by atoms with Crippen LogP contribution in [0.3, 0.4) is 0 Å². The minimum atomic E-state index is -3.14. The number of benzene rings is 1. The first-order valence-electron chi connectivity index (χ1n) is 9.86. The number of likely N-dealkylation sites (tertiary alicyclic amines) is 1. The first-order chi connectivity index (χ1) is 13.2. The van der Waals surface area contributed by atoms with Crippen molar-refractivity contribution in [1.29, 1.82) is 0 Å². The third-order valence-electron chi connectivity index (χ3n) is 6.54. The summed E-state index contributed by atoms with van der Waals surface area (Å²) < 4.78 is 58.5. The Kier molecular flexibility index (Phi) is 5.47. The highest BCUT2D eigenvalue weighted by molar-refractivity contribution is 7.84. The van der Waals surface area contributed by atoms with E-state index in [1.807, 2.05) is 0 Å². The van der Waals surface area contributed by atoms with E-state index in [0.29, 0.717) is 36.3 Å². The second kappa shape index (κ2) is 7.60. The molecule has 0 saturated carbocycles. The molecule has 0 amide bonds. The van der Waals surface area contributed by atoms with Gasteiger partial charge in [0.2, 0.25) is 0 Å². The molecule has 3 aliphatic rings. The maximum absolute atomic E-state index is 14.1. The molecule has 0 aliphatic carbocycles. The van der Waals surface area contributed by atoms with E-state index in [0.717, 1.165) is 37.6 Å². The van der Waals surface area contributed by atoms with Gasteiger partial charge in [-0.15, -0.1) is 0 Å². The van der Waals surface area contributed by atoms with Gasteiger partial charge in [0.05, 0.1) is 26.0 Å². The number of sulfonamides is 1. The van der Waals surface area contributed by atoms with Crippen molar-refractivity contribution in [1.82, 2.24) is 4.90 Å². The fraction of sp³-hybridized carbons (Fsp3) is 0.684. The van der Waals surface area contributed by atoms with Crippen LogP contribution < -0.4 is 10.0 Å². The molecule has 0 aromatic heterocycles. The lowest BCUT2D eigenvalue weighted by Gasteiger charge is -2.38. The Hall–Kier alpha value is -1.13. The molecule has 3 unspecified atom stereocenters. The number of hydrogen-bond acceptors (Lipinski definition) is 5.